The van der Waals surface area contributed by atoms with E-state index in [1.54, 1.807) is 7.11 Å². The first-order chi connectivity index (χ1) is 4.85. The maximum Gasteiger partial charge on any atom is 0.0625 e. The molecule has 0 saturated carbocycles. The van der Waals surface area contributed by atoms with E-state index in [1.807, 2.05) is 14.0 Å². The van der Waals surface area contributed by atoms with Crippen LogP contribution in [0.1, 0.15) is 13.3 Å². The monoisotopic (exact) mass is 141 g/mol. The van der Waals surface area contributed by atoms with Gasteiger partial charge in [-0.25, -0.2) is 0 Å². The number of likely N-dealkylation sites (N-methyl/N-ethyl adjacent to an activating group) is 1. The van der Waals surface area contributed by atoms with Gasteiger partial charge in [0.1, 0.15) is 0 Å². The molecule has 1 unspecified atom stereocenters. The molecule has 0 aliphatic heterocycles. The smallest absolute Gasteiger partial charge is 0.0625 e. The molecule has 2 heteroatoms. The Bertz CT molecular complexity index is 123. The minimum Gasteiger partial charge on any atom is -0.383 e. The third kappa shape index (κ3) is 4.37. The van der Waals surface area contributed by atoms with E-state index in [4.69, 9.17) is 4.74 Å². The first kappa shape index (κ1) is 9.48. The van der Waals surface area contributed by atoms with Crippen LogP contribution in [-0.4, -0.2) is 26.8 Å². The Morgan fingerprint density at radius 3 is 2.70 bits per heavy atom. The van der Waals surface area contributed by atoms with E-state index in [9.17, 15) is 0 Å². The van der Waals surface area contributed by atoms with Crippen molar-refractivity contribution in [3.8, 4) is 11.8 Å². The number of hydrogen-bond donors (Lipinski definition) is 1. The first-order valence-electron chi connectivity index (χ1n) is 3.41. The Balaban J connectivity index is 3.45. The summed E-state index contributed by atoms with van der Waals surface area (Å²) in [6.07, 6.45) is 0.862. The number of rotatable bonds is 4. The summed E-state index contributed by atoms with van der Waals surface area (Å²) in [4.78, 5) is 0. The molecule has 0 heterocycles. The third-order valence-electron chi connectivity index (χ3n) is 1.30. The molecule has 58 valence electrons. The Hall–Kier alpha value is -0.520. The first-order valence-corrected chi connectivity index (χ1v) is 3.41. The molecule has 0 aromatic heterocycles. The van der Waals surface area contributed by atoms with Crippen molar-refractivity contribution < 1.29 is 4.74 Å². The number of hydrogen-bond acceptors (Lipinski definition) is 2. The Kier molecular flexibility index (Phi) is 6.25. The highest BCUT2D eigenvalue weighted by molar-refractivity contribution is 4.97. The Morgan fingerprint density at radius 1 is 1.60 bits per heavy atom. The fourth-order valence-electron chi connectivity index (χ4n) is 0.671. The quantitative estimate of drug-likeness (QED) is 0.580. The highest BCUT2D eigenvalue weighted by Crippen LogP contribution is 1.88. The second-order valence-electron chi connectivity index (χ2n) is 2.07. The van der Waals surface area contributed by atoms with E-state index in [-0.39, 0.29) is 0 Å². The van der Waals surface area contributed by atoms with Gasteiger partial charge in [-0.15, -0.1) is 11.8 Å². The van der Waals surface area contributed by atoms with Gasteiger partial charge in [0.05, 0.1) is 6.61 Å². The van der Waals surface area contributed by atoms with E-state index in [0.29, 0.717) is 6.04 Å². The van der Waals surface area contributed by atoms with Crippen molar-refractivity contribution >= 4 is 0 Å². The summed E-state index contributed by atoms with van der Waals surface area (Å²) in [5, 5.41) is 3.11. The van der Waals surface area contributed by atoms with Gasteiger partial charge in [-0.1, -0.05) is 0 Å². The van der Waals surface area contributed by atoms with Crippen LogP contribution in [0.5, 0.6) is 0 Å². The summed E-state index contributed by atoms with van der Waals surface area (Å²) in [6, 6.07) is 0.373. The van der Waals surface area contributed by atoms with E-state index < -0.39 is 0 Å². The summed E-state index contributed by atoms with van der Waals surface area (Å²) < 4.78 is 4.96. The second-order valence-corrected chi connectivity index (χ2v) is 2.07. The van der Waals surface area contributed by atoms with Crippen molar-refractivity contribution in [1.82, 2.24) is 5.32 Å². The van der Waals surface area contributed by atoms with E-state index in [0.717, 1.165) is 13.0 Å². The summed E-state index contributed by atoms with van der Waals surface area (Å²) in [5.41, 5.74) is 0. The summed E-state index contributed by atoms with van der Waals surface area (Å²) in [6.45, 7) is 2.57. The fourth-order valence-corrected chi connectivity index (χ4v) is 0.671. The molecular formula is C8H15NO. The predicted octanol–water partition coefficient (Wildman–Crippen LogP) is 0.634. The predicted molar refractivity (Wildman–Crippen MR) is 42.8 cm³/mol. The van der Waals surface area contributed by atoms with Crippen LogP contribution >= 0.6 is 0 Å². The van der Waals surface area contributed by atoms with Gasteiger partial charge in [0.25, 0.3) is 0 Å². The minimum absolute atomic E-state index is 0.373. The lowest BCUT2D eigenvalue weighted by molar-refractivity contribution is 0.171. The van der Waals surface area contributed by atoms with Gasteiger partial charge < -0.3 is 10.1 Å². The summed E-state index contributed by atoms with van der Waals surface area (Å²) >= 11 is 0. The van der Waals surface area contributed by atoms with Gasteiger partial charge in [0, 0.05) is 19.6 Å². The summed E-state index contributed by atoms with van der Waals surface area (Å²) in [5.74, 6) is 5.84. The van der Waals surface area contributed by atoms with Crippen LogP contribution < -0.4 is 5.32 Å². The average molecular weight is 141 g/mol. The van der Waals surface area contributed by atoms with Gasteiger partial charge in [0.2, 0.25) is 0 Å². The van der Waals surface area contributed by atoms with Gasteiger partial charge in [-0.05, 0) is 14.0 Å². The van der Waals surface area contributed by atoms with Crippen LogP contribution in [-0.2, 0) is 4.74 Å². The summed E-state index contributed by atoms with van der Waals surface area (Å²) in [7, 11) is 3.62. The van der Waals surface area contributed by atoms with E-state index in [2.05, 4.69) is 17.2 Å². The molecule has 0 amide bonds. The van der Waals surface area contributed by atoms with Crippen molar-refractivity contribution in [2.75, 3.05) is 20.8 Å². The van der Waals surface area contributed by atoms with Crippen LogP contribution in [0.15, 0.2) is 0 Å². The normalized spacial score (nSPS) is 11.9. The fraction of sp³-hybridized carbons (Fsp3) is 0.750. The molecule has 10 heavy (non-hydrogen) atoms. The molecule has 0 bridgehead atoms. The minimum atomic E-state index is 0.373. The Morgan fingerprint density at radius 2 is 2.30 bits per heavy atom. The number of nitrogens with one attached hydrogen (secondary N) is 1. The van der Waals surface area contributed by atoms with Crippen LogP contribution in [0.25, 0.3) is 0 Å². The Labute approximate surface area is 63.0 Å². The lowest BCUT2D eigenvalue weighted by Gasteiger charge is -2.10. The van der Waals surface area contributed by atoms with Crippen LogP contribution in [0, 0.1) is 11.8 Å². The van der Waals surface area contributed by atoms with Crippen molar-refractivity contribution in [2.24, 2.45) is 0 Å². The molecule has 0 saturated heterocycles. The molecule has 0 aromatic rings. The number of ether oxygens (including phenoxy) is 1. The van der Waals surface area contributed by atoms with Gasteiger partial charge >= 0.3 is 0 Å². The van der Waals surface area contributed by atoms with E-state index >= 15 is 0 Å². The standard InChI is InChI=1S/C8H15NO/c1-4-5-6-8(9-2)7-10-3/h8-9H,6-7H2,1-3H3. The lowest BCUT2D eigenvalue weighted by atomic mass is 10.2. The highest BCUT2D eigenvalue weighted by atomic mass is 16.5. The maximum absolute atomic E-state index is 4.96. The van der Waals surface area contributed by atoms with Crippen LogP contribution in [0.2, 0.25) is 0 Å². The zero-order valence-electron chi connectivity index (χ0n) is 6.90. The molecule has 2 nitrogen and oxygen atoms in total. The molecule has 0 rings (SSSR count). The van der Waals surface area contributed by atoms with Gasteiger partial charge in [-0.2, -0.15) is 0 Å². The van der Waals surface area contributed by atoms with Crippen molar-refractivity contribution in [3.63, 3.8) is 0 Å². The molecule has 0 fully saturated rings. The third-order valence-corrected chi connectivity index (χ3v) is 1.30. The molecule has 0 aliphatic rings. The van der Waals surface area contributed by atoms with Crippen LogP contribution in [0.4, 0.5) is 0 Å². The number of methoxy groups -OCH3 is 1. The molecule has 0 radical (unpaired) electrons. The van der Waals surface area contributed by atoms with Crippen molar-refractivity contribution in [3.05, 3.63) is 0 Å². The van der Waals surface area contributed by atoms with E-state index in [1.165, 1.54) is 0 Å². The topological polar surface area (TPSA) is 21.3 Å². The zero-order chi connectivity index (χ0) is 7.82. The molecule has 0 aromatic carbocycles. The molecular weight excluding hydrogens is 126 g/mol. The maximum atomic E-state index is 4.96. The van der Waals surface area contributed by atoms with Crippen LogP contribution in [0.3, 0.4) is 0 Å². The van der Waals surface area contributed by atoms with Crippen molar-refractivity contribution in [1.29, 1.82) is 0 Å². The largest absolute Gasteiger partial charge is 0.383 e. The van der Waals surface area contributed by atoms with Crippen molar-refractivity contribution in [2.45, 2.75) is 19.4 Å². The highest BCUT2D eigenvalue weighted by Gasteiger charge is 2.00. The average Bonchev–Trinajstić information content (AvgIpc) is 1.98. The lowest BCUT2D eigenvalue weighted by Crippen LogP contribution is -2.29. The molecule has 1 atom stereocenters. The SMILES string of the molecule is CC#CCC(COC)NC. The molecule has 0 spiro atoms. The van der Waals surface area contributed by atoms with Gasteiger partial charge in [0.15, 0.2) is 0 Å². The second kappa shape index (κ2) is 6.60. The zero-order valence-corrected chi connectivity index (χ0v) is 6.90. The van der Waals surface area contributed by atoms with Gasteiger partial charge in [-0.3, -0.25) is 0 Å². The molecule has 1 N–H and O–H groups in total. The molecule has 0 aliphatic carbocycles.